The van der Waals surface area contributed by atoms with Crippen molar-refractivity contribution >= 4 is 23.0 Å². The Bertz CT molecular complexity index is 126. The monoisotopic (exact) mass is 252 g/mol. The second-order valence-electron chi connectivity index (χ2n) is 3.44. The summed E-state index contributed by atoms with van der Waals surface area (Å²) in [5, 5.41) is 8.58. The van der Waals surface area contributed by atoms with Crippen LogP contribution in [0.1, 0.15) is 52.4 Å². The summed E-state index contributed by atoms with van der Waals surface area (Å²) in [5.74, 6) is -0.822. The number of carboxylic acids is 1. The highest BCUT2D eigenvalue weighted by Gasteiger charge is 2.08. The smallest absolute Gasteiger partial charge is 0.306 e. The molecule has 3 heteroatoms. The lowest BCUT2D eigenvalue weighted by molar-refractivity contribution is -0.141. The Hall–Kier alpha value is -0.0500. The number of aliphatic carboxylic acids is 1. The lowest BCUT2D eigenvalue weighted by atomic mass is 10.0. The SMILES string of the molecule is Br.CCCCCCC[C@H](C)C(=O)O. The molecule has 0 saturated heterocycles. The predicted octanol–water partition coefficient (Wildman–Crippen LogP) is 3.65. The molecule has 0 aromatic carbocycles. The fraction of sp³-hybridized carbons (Fsp3) is 0.900. The van der Waals surface area contributed by atoms with E-state index in [1.165, 1.54) is 25.7 Å². The summed E-state index contributed by atoms with van der Waals surface area (Å²) in [5.41, 5.74) is 0. The first-order valence-corrected chi connectivity index (χ1v) is 4.91. The van der Waals surface area contributed by atoms with Crippen LogP contribution in [-0.4, -0.2) is 11.1 Å². The van der Waals surface area contributed by atoms with Gasteiger partial charge in [0, 0.05) is 0 Å². The van der Waals surface area contributed by atoms with E-state index < -0.39 is 5.97 Å². The van der Waals surface area contributed by atoms with E-state index in [4.69, 9.17) is 5.11 Å². The molecule has 2 nitrogen and oxygen atoms in total. The third-order valence-corrected chi connectivity index (χ3v) is 2.16. The summed E-state index contributed by atoms with van der Waals surface area (Å²) in [6, 6.07) is 0. The Kier molecular flexibility index (Phi) is 11.9. The second kappa shape index (κ2) is 10.0. The normalized spacial score (nSPS) is 11.8. The largest absolute Gasteiger partial charge is 0.481 e. The number of carbonyl (C=O) groups is 1. The summed E-state index contributed by atoms with van der Waals surface area (Å²) in [7, 11) is 0. The van der Waals surface area contributed by atoms with Crippen molar-refractivity contribution in [2.24, 2.45) is 5.92 Å². The van der Waals surface area contributed by atoms with Crippen molar-refractivity contribution < 1.29 is 9.90 Å². The molecule has 0 aliphatic heterocycles. The van der Waals surface area contributed by atoms with Crippen molar-refractivity contribution in [2.45, 2.75) is 52.4 Å². The molecule has 0 aromatic rings. The first kappa shape index (κ1) is 15.4. The Morgan fingerprint density at radius 3 is 2.23 bits per heavy atom. The van der Waals surface area contributed by atoms with E-state index in [1.54, 1.807) is 6.92 Å². The third kappa shape index (κ3) is 9.87. The minimum atomic E-state index is -0.662. The molecular formula is C10H21BrO2. The van der Waals surface area contributed by atoms with Gasteiger partial charge >= 0.3 is 5.97 Å². The molecule has 0 aliphatic rings. The molecule has 13 heavy (non-hydrogen) atoms. The van der Waals surface area contributed by atoms with Gasteiger partial charge in [0.2, 0.25) is 0 Å². The summed E-state index contributed by atoms with van der Waals surface area (Å²) >= 11 is 0. The van der Waals surface area contributed by atoms with Crippen LogP contribution in [0.3, 0.4) is 0 Å². The van der Waals surface area contributed by atoms with Crippen LogP contribution in [0.2, 0.25) is 0 Å². The minimum Gasteiger partial charge on any atom is -0.481 e. The maximum atomic E-state index is 10.4. The molecule has 0 unspecified atom stereocenters. The zero-order valence-electron chi connectivity index (χ0n) is 8.58. The Morgan fingerprint density at radius 1 is 1.23 bits per heavy atom. The molecule has 0 aliphatic carbocycles. The predicted molar refractivity (Wildman–Crippen MR) is 60.5 cm³/mol. The summed E-state index contributed by atoms with van der Waals surface area (Å²) < 4.78 is 0. The van der Waals surface area contributed by atoms with Gasteiger partial charge in [-0.1, -0.05) is 46.0 Å². The zero-order valence-corrected chi connectivity index (χ0v) is 10.3. The molecule has 1 atom stereocenters. The number of rotatable bonds is 7. The van der Waals surface area contributed by atoms with Crippen molar-refractivity contribution in [1.29, 1.82) is 0 Å². The maximum Gasteiger partial charge on any atom is 0.306 e. The van der Waals surface area contributed by atoms with Crippen LogP contribution in [-0.2, 0) is 4.79 Å². The van der Waals surface area contributed by atoms with Gasteiger partial charge in [0.05, 0.1) is 5.92 Å². The molecule has 0 bridgehead atoms. The van der Waals surface area contributed by atoms with Crippen LogP contribution >= 0.6 is 17.0 Å². The van der Waals surface area contributed by atoms with Crippen molar-refractivity contribution in [1.82, 2.24) is 0 Å². The van der Waals surface area contributed by atoms with Gasteiger partial charge in [0.1, 0.15) is 0 Å². The van der Waals surface area contributed by atoms with Crippen molar-refractivity contribution in [3.63, 3.8) is 0 Å². The summed E-state index contributed by atoms with van der Waals surface area (Å²) in [6.45, 7) is 3.96. The molecule has 0 spiro atoms. The van der Waals surface area contributed by atoms with Gasteiger partial charge in [-0.2, -0.15) is 0 Å². The number of unbranched alkanes of at least 4 members (excludes halogenated alkanes) is 4. The van der Waals surface area contributed by atoms with Gasteiger partial charge in [-0.15, -0.1) is 17.0 Å². The molecule has 1 N–H and O–H groups in total. The molecule has 0 fully saturated rings. The Morgan fingerprint density at radius 2 is 1.77 bits per heavy atom. The Balaban J connectivity index is 0. The first-order valence-electron chi connectivity index (χ1n) is 4.91. The van der Waals surface area contributed by atoms with Crippen molar-refractivity contribution in [3.8, 4) is 0 Å². The molecule has 0 rings (SSSR count). The van der Waals surface area contributed by atoms with Crippen molar-refractivity contribution in [3.05, 3.63) is 0 Å². The molecular weight excluding hydrogens is 232 g/mol. The fourth-order valence-corrected chi connectivity index (χ4v) is 1.18. The number of halogens is 1. The topological polar surface area (TPSA) is 37.3 Å². The molecule has 0 amide bonds. The van der Waals surface area contributed by atoms with E-state index in [-0.39, 0.29) is 22.9 Å². The average Bonchev–Trinajstić information content (AvgIpc) is 2.03. The average molecular weight is 253 g/mol. The van der Waals surface area contributed by atoms with E-state index in [1.807, 2.05) is 0 Å². The molecule has 0 radical (unpaired) electrons. The van der Waals surface area contributed by atoms with Crippen LogP contribution < -0.4 is 0 Å². The Labute approximate surface area is 91.5 Å². The highest BCUT2D eigenvalue weighted by molar-refractivity contribution is 8.93. The van der Waals surface area contributed by atoms with Crippen molar-refractivity contribution in [2.75, 3.05) is 0 Å². The molecule has 80 valence electrons. The van der Waals surface area contributed by atoms with E-state index in [0.717, 1.165) is 12.8 Å². The highest BCUT2D eigenvalue weighted by atomic mass is 79.9. The summed E-state index contributed by atoms with van der Waals surface area (Å²) in [6.07, 6.45) is 6.86. The quantitative estimate of drug-likeness (QED) is 0.703. The number of hydrogen-bond donors (Lipinski definition) is 1. The van der Waals surface area contributed by atoms with E-state index in [9.17, 15) is 4.79 Å². The van der Waals surface area contributed by atoms with Crippen LogP contribution in [0.4, 0.5) is 0 Å². The molecule has 0 saturated carbocycles. The lowest BCUT2D eigenvalue weighted by Gasteiger charge is -2.04. The highest BCUT2D eigenvalue weighted by Crippen LogP contribution is 2.10. The van der Waals surface area contributed by atoms with Gasteiger partial charge in [-0.25, -0.2) is 0 Å². The first-order chi connectivity index (χ1) is 5.68. The number of carboxylic acid groups (broad SMARTS) is 1. The lowest BCUT2D eigenvalue weighted by Crippen LogP contribution is -2.08. The van der Waals surface area contributed by atoms with Gasteiger partial charge in [-0.3, -0.25) is 4.79 Å². The van der Waals surface area contributed by atoms with Gasteiger partial charge < -0.3 is 5.11 Å². The van der Waals surface area contributed by atoms with E-state index in [0.29, 0.717) is 0 Å². The van der Waals surface area contributed by atoms with Crippen LogP contribution in [0.25, 0.3) is 0 Å². The van der Waals surface area contributed by atoms with Crippen LogP contribution in [0, 0.1) is 5.92 Å². The van der Waals surface area contributed by atoms with Gasteiger partial charge in [-0.05, 0) is 6.42 Å². The second-order valence-corrected chi connectivity index (χ2v) is 3.44. The van der Waals surface area contributed by atoms with Gasteiger partial charge in [0.25, 0.3) is 0 Å². The molecule has 0 heterocycles. The standard InChI is InChI=1S/C10H20O2.BrH/c1-3-4-5-6-7-8-9(2)10(11)12;/h9H,3-8H2,1-2H3,(H,11,12);1H/t9-;/m0./s1. The third-order valence-electron chi connectivity index (χ3n) is 2.16. The van der Waals surface area contributed by atoms with E-state index in [2.05, 4.69) is 6.92 Å². The van der Waals surface area contributed by atoms with Crippen LogP contribution in [0.5, 0.6) is 0 Å². The minimum absolute atomic E-state index is 0. The van der Waals surface area contributed by atoms with E-state index >= 15 is 0 Å². The van der Waals surface area contributed by atoms with Crippen LogP contribution in [0.15, 0.2) is 0 Å². The fourth-order valence-electron chi connectivity index (χ4n) is 1.18. The maximum absolute atomic E-state index is 10.4. The summed E-state index contributed by atoms with van der Waals surface area (Å²) in [4.78, 5) is 10.4. The molecule has 0 aromatic heterocycles. The zero-order chi connectivity index (χ0) is 9.40. The van der Waals surface area contributed by atoms with Gasteiger partial charge in [0.15, 0.2) is 0 Å². The number of hydrogen-bond acceptors (Lipinski definition) is 1.